The van der Waals surface area contributed by atoms with Gasteiger partial charge in [-0.15, -0.1) is 0 Å². The lowest BCUT2D eigenvalue weighted by molar-refractivity contribution is 0.0957. The first-order chi connectivity index (χ1) is 19.5. The standard InChI is InChI=1S/C29H27ClN2O4S2.C2H6/c1-18-8-9-20(17-34)26-21(18)5-3-7-23(26)28(35)31-12-14-37-38-15-13-32-29(36)24-10-11-25(30)22-6-2-4-19(16-33)27(22)24;1-2/h2-11,16-17,29,32,36H,12-15H2,1H3,(H,31,35);1-2H3. The highest BCUT2D eigenvalue weighted by molar-refractivity contribution is 8.76. The predicted octanol–water partition coefficient (Wildman–Crippen LogP) is 7.00. The van der Waals surface area contributed by atoms with Crippen LogP contribution >= 0.6 is 33.2 Å². The lowest BCUT2D eigenvalue weighted by Crippen LogP contribution is -2.26. The van der Waals surface area contributed by atoms with Crippen molar-refractivity contribution in [2.75, 3.05) is 24.6 Å². The van der Waals surface area contributed by atoms with Crippen LogP contribution in [0.5, 0.6) is 0 Å². The summed E-state index contributed by atoms with van der Waals surface area (Å²) in [6, 6.07) is 17.9. The maximum atomic E-state index is 12.8. The molecule has 0 saturated heterocycles. The number of aliphatic hydroxyl groups is 1. The summed E-state index contributed by atoms with van der Waals surface area (Å²) in [5, 5.41) is 20.2. The van der Waals surface area contributed by atoms with Gasteiger partial charge in [0.05, 0.1) is 0 Å². The van der Waals surface area contributed by atoms with Gasteiger partial charge >= 0.3 is 0 Å². The van der Waals surface area contributed by atoms with Gasteiger partial charge in [0.15, 0.2) is 12.6 Å². The zero-order valence-corrected chi connectivity index (χ0v) is 25.1. The normalized spacial score (nSPS) is 11.5. The van der Waals surface area contributed by atoms with E-state index in [-0.39, 0.29) is 5.91 Å². The third kappa shape index (κ3) is 7.44. The van der Waals surface area contributed by atoms with Crippen molar-refractivity contribution < 1.29 is 19.5 Å². The molecule has 6 nitrogen and oxygen atoms in total. The van der Waals surface area contributed by atoms with Crippen LogP contribution in [0.25, 0.3) is 21.5 Å². The summed E-state index contributed by atoms with van der Waals surface area (Å²) >= 11 is 6.29. The second-order valence-electron chi connectivity index (χ2n) is 8.60. The van der Waals surface area contributed by atoms with Crippen molar-refractivity contribution in [3.63, 3.8) is 0 Å². The first-order valence-electron chi connectivity index (χ1n) is 13.0. The molecular weight excluding hydrogens is 564 g/mol. The maximum absolute atomic E-state index is 12.8. The molecule has 1 unspecified atom stereocenters. The fourth-order valence-corrected chi connectivity index (χ4v) is 6.44. The fourth-order valence-electron chi connectivity index (χ4n) is 4.39. The van der Waals surface area contributed by atoms with Crippen molar-refractivity contribution >= 4 is 73.2 Å². The molecule has 0 aliphatic heterocycles. The van der Waals surface area contributed by atoms with Crippen molar-refractivity contribution in [3.05, 3.63) is 93.5 Å². The second kappa shape index (κ2) is 15.8. The lowest BCUT2D eigenvalue weighted by atomic mass is 9.96. The molecule has 0 spiro atoms. The summed E-state index contributed by atoms with van der Waals surface area (Å²) in [6.45, 7) is 6.99. The van der Waals surface area contributed by atoms with Crippen molar-refractivity contribution in [1.29, 1.82) is 0 Å². The maximum Gasteiger partial charge on any atom is 0.251 e. The van der Waals surface area contributed by atoms with Crippen LogP contribution in [-0.2, 0) is 0 Å². The molecule has 0 aliphatic carbocycles. The number of aliphatic hydroxyl groups excluding tert-OH is 1. The Bertz CT molecular complexity index is 1500. The van der Waals surface area contributed by atoms with Gasteiger partial charge in [-0.1, -0.05) is 95.6 Å². The molecule has 210 valence electrons. The SMILES string of the molecule is CC.Cc1ccc(C=O)c2c(C(=O)NCCSSCCNC(O)c3ccc(Cl)c4cccc(C=O)c34)cccc12. The first-order valence-corrected chi connectivity index (χ1v) is 15.9. The van der Waals surface area contributed by atoms with Crippen molar-refractivity contribution in [2.45, 2.75) is 27.0 Å². The minimum Gasteiger partial charge on any atom is -0.374 e. The minimum absolute atomic E-state index is 0.204. The molecule has 40 heavy (non-hydrogen) atoms. The second-order valence-corrected chi connectivity index (χ2v) is 11.7. The number of benzene rings is 4. The number of carbonyl (C=O) groups is 3. The number of nitrogens with one attached hydrogen (secondary N) is 2. The molecule has 0 aromatic heterocycles. The number of hydrogen-bond donors (Lipinski definition) is 3. The smallest absolute Gasteiger partial charge is 0.251 e. The van der Waals surface area contributed by atoms with Gasteiger partial charge in [-0.2, -0.15) is 0 Å². The minimum atomic E-state index is -0.943. The summed E-state index contributed by atoms with van der Waals surface area (Å²) in [5.41, 5.74) is 3.10. The number of rotatable bonds is 12. The Morgan fingerprint density at radius 1 is 0.875 bits per heavy atom. The van der Waals surface area contributed by atoms with Gasteiger partial charge in [0.2, 0.25) is 0 Å². The molecule has 4 aromatic rings. The van der Waals surface area contributed by atoms with Crippen LogP contribution in [0.4, 0.5) is 0 Å². The molecule has 0 aliphatic rings. The summed E-state index contributed by atoms with van der Waals surface area (Å²) < 4.78 is 0. The zero-order chi connectivity index (χ0) is 29.1. The van der Waals surface area contributed by atoms with Crippen LogP contribution in [0.15, 0.2) is 60.7 Å². The van der Waals surface area contributed by atoms with Crippen LogP contribution in [0.1, 0.15) is 62.3 Å². The Balaban J connectivity index is 0.00000216. The molecule has 0 fully saturated rings. The van der Waals surface area contributed by atoms with E-state index in [0.29, 0.717) is 56.9 Å². The number of carbonyl (C=O) groups excluding carboxylic acids is 3. The highest BCUT2D eigenvalue weighted by Crippen LogP contribution is 2.32. The summed E-state index contributed by atoms with van der Waals surface area (Å²) in [5.74, 6) is 1.23. The van der Waals surface area contributed by atoms with Crippen molar-refractivity contribution in [1.82, 2.24) is 10.6 Å². The molecule has 3 N–H and O–H groups in total. The largest absolute Gasteiger partial charge is 0.374 e. The molecule has 0 heterocycles. The number of aldehydes is 2. The van der Waals surface area contributed by atoms with Crippen molar-refractivity contribution in [3.8, 4) is 0 Å². The van der Waals surface area contributed by atoms with E-state index < -0.39 is 6.23 Å². The molecule has 4 rings (SSSR count). The van der Waals surface area contributed by atoms with E-state index in [1.807, 2.05) is 45.0 Å². The molecule has 0 saturated carbocycles. The van der Waals surface area contributed by atoms with Crippen LogP contribution < -0.4 is 10.6 Å². The quantitative estimate of drug-likeness (QED) is 0.0701. The third-order valence-corrected chi connectivity index (χ3v) is 8.95. The topological polar surface area (TPSA) is 95.5 Å². The molecule has 1 atom stereocenters. The molecular formula is C31H33ClN2O4S2. The van der Waals surface area contributed by atoms with Crippen molar-refractivity contribution in [2.24, 2.45) is 0 Å². The monoisotopic (exact) mass is 596 g/mol. The Morgan fingerprint density at radius 2 is 1.52 bits per heavy atom. The van der Waals surface area contributed by atoms with Gasteiger partial charge in [0.1, 0.15) is 6.23 Å². The average Bonchev–Trinajstić information content (AvgIpc) is 2.99. The molecule has 0 radical (unpaired) electrons. The fraction of sp³-hybridized carbons (Fsp3) is 0.258. The summed E-state index contributed by atoms with van der Waals surface area (Å²) in [6.07, 6.45) is 0.608. The van der Waals surface area contributed by atoms with Gasteiger partial charge in [0, 0.05) is 68.0 Å². The van der Waals surface area contributed by atoms with Crippen LogP contribution in [-0.4, -0.2) is 48.2 Å². The van der Waals surface area contributed by atoms with Gasteiger partial charge in [-0.3, -0.25) is 19.7 Å². The number of amides is 1. The van der Waals surface area contributed by atoms with E-state index in [2.05, 4.69) is 10.6 Å². The molecule has 0 bridgehead atoms. The Morgan fingerprint density at radius 3 is 2.25 bits per heavy atom. The number of fused-ring (bicyclic) bond motifs is 2. The number of aryl methyl sites for hydroxylation is 1. The zero-order valence-electron chi connectivity index (χ0n) is 22.7. The van der Waals surface area contributed by atoms with E-state index in [0.717, 1.165) is 34.7 Å². The molecule has 9 heteroatoms. The van der Waals surface area contributed by atoms with E-state index in [4.69, 9.17) is 11.6 Å². The Kier molecular flexibility index (Phi) is 12.5. The molecule has 4 aromatic carbocycles. The van der Waals surface area contributed by atoms with E-state index in [1.165, 1.54) is 0 Å². The average molecular weight is 597 g/mol. The number of hydrogen-bond acceptors (Lipinski definition) is 7. The molecule has 1 amide bonds. The Labute approximate surface area is 247 Å². The van der Waals surface area contributed by atoms with Crippen LogP contribution in [0.2, 0.25) is 5.02 Å². The highest BCUT2D eigenvalue weighted by atomic mass is 35.5. The summed E-state index contributed by atoms with van der Waals surface area (Å²) in [4.78, 5) is 35.9. The summed E-state index contributed by atoms with van der Waals surface area (Å²) in [7, 11) is 3.25. The van der Waals surface area contributed by atoms with Crippen LogP contribution in [0.3, 0.4) is 0 Å². The van der Waals surface area contributed by atoms with Gasteiger partial charge in [-0.25, -0.2) is 0 Å². The van der Waals surface area contributed by atoms with Gasteiger partial charge in [-0.05, 0) is 30.0 Å². The lowest BCUT2D eigenvalue weighted by Gasteiger charge is -2.17. The van der Waals surface area contributed by atoms with E-state index >= 15 is 0 Å². The van der Waals surface area contributed by atoms with E-state index in [1.54, 1.807) is 58.0 Å². The number of halogens is 1. The Hall–Kier alpha value is -2.88. The highest BCUT2D eigenvalue weighted by Gasteiger charge is 2.16. The van der Waals surface area contributed by atoms with Gasteiger partial charge in [0.25, 0.3) is 5.91 Å². The predicted molar refractivity (Wildman–Crippen MR) is 170 cm³/mol. The van der Waals surface area contributed by atoms with Gasteiger partial charge < -0.3 is 10.4 Å². The third-order valence-electron chi connectivity index (χ3n) is 6.21. The first kappa shape index (κ1) is 31.6. The van der Waals surface area contributed by atoms with E-state index in [9.17, 15) is 19.5 Å². The van der Waals surface area contributed by atoms with Crippen LogP contribution in [0, 0.1) is 6.92 Å².